The molecule has 0 spiro atoms. The second kappa shape index (κ2) is 7.68. The monoisotopic (exact) mass is 326 g/mol. The Morgan fingerprint density at radius 2 is 2.05 bits per heavy atom. The number of rotatable bonds is 6. The second-order valence-corrected chi connectivity index (χ2v) is 4.28. The van der Waals surface area contributed by atoms with Crippen LogP contribution in [0, 0.1) is 0 Å². The van der Waals surface area contributed by atoms with E-state index in [2.05, 4.69) is 20.9 Å². The lowest BCUT2D eigenvalue weighted by atomic mass is 10.1. The number of nitrogen functional groups attached to an aromatic ring is 1. The molecule has 0 bridgehead atoms. The summed E-state index contributed by atoms with van der Waals surface area (Å²) in [5, 5.41) is 0.160. The van der Waals surface area contributed by atoms with E-state index in [9.17, 15) is 9.59 Å². The molecule has 0 amide bonds. The molecule has 6 heteroatoms. The molecule has 19 heavy (non-hydrogen) atoms. The number of ketones is 1. The van der Waals surface area contributed by atoms with Gasteiger partial charge < -0.3 is 10.5 Å². The minimum atomic E-state index is -0.372. The fourth-order valence-corrected chi connectivity index (χ4v) is 1.71. The smallest absolute Gasteiger partial charge is 0.302 e. The maximum Gasteiger partial charge on any atom is 0.302 e. The van der Waals surface area contributed by atoms with Crippen molar-refractivity contribution in [3.05, 3.63) is 29.8 Å². The summed E-state index contributed by atoms with van der Waals surface area (Å²) in [5.74, 6) is -0.538. The number of benzene rings is 1. The molecule has 0 unspecified atom stereocenters. The summed E-state index contributed by atoms with van der Waals surface area (Å²) < 4.78 is 4.77. The molecule has 102 valence electrons. The average Bonchev–Trinajstić information content (AvgIpc) is 2.39. The lowest BCUT2D eigenvalue weighted by Gasteiger charge is -2.07. The summed E-state index contributed by atoms with van der Waals surface area (Å²) in [4.78, 5) is 26.7. The molecule has 0 fully saturated rings. The van der Waals surface area contributed by atoms with Gasteiger partial charge in [0.25, 0.3) is 0 Å². The van der Waals surface area contributed by atoms with Gasteiger partial charge in [0.2, 0.25) is 0 Å². The summed E-state index contributed by atoms with van der Waals surface area (Å²) in [6.07, 6.45) is 0. The first-order valence-electron chi connectivity index (χ1n) is 5.68. The number of carbonyl (C=O) groups excluding carboxylic acids is 2. The topological polar surface area (TPSA) is 81.8 Å². The highest BCUT2D eigenvalue weighted by atomic mass is 79.9. The Hall–Kier alpha value is -1.69. The molecule has 5 nitrogen and oxygen atoms in total. The number of aliphatic imine (C=N–C) groups is 1. The zero-order valence-electron chi connectivity index (χ0n) is 10.6. The van der Waals surface area contributed by atoms with Crippen LogP contribution in [-0.4, -0.2) is 35.9 Å². The number of carbonyl (C=O) groups is 2. The van der Waals surface area contributed by atoms with Crippen LogP contribution in [0.25, 0.3) is 0 Å². The quantitative estimate of drug-likeness (QED) is 0.283. The van der Waals surface area contributed by atoms with Crippen molar-refractivity contribution in [2.75, 3.05) is 24.2 Å². The summed E-state index contributed by atoms with van der Waals surface area (Å²) in [6, 6.07) is 7.02. The lowest BCUT2D eigenvalue weighted by molar-refractivity contribution is -0.140. The van der Waals surface area contributed by atoms with Crippen molar-refractivity contribution in [1.29, 1.82) is 0 Å². The van der Waals surface area contributed by atoms with E-state index in [0.717, 1.165) is 0 Å². The molecule has 0 aromatic heterocycles. The predicted octanol–water partition coefficient (Wildman–Crippen LogP) is 1.58. The van der Waals surface area contributed by atoms with E-state index in [4.69, 9.17) is 10.5 Å². The number of hydrogen-bond donors (Lipinski definition) is 1. The molecule has 1 aromatic rings. The molecular weight excluding hydrogens is 312 g/mol. The first kappa shape index (κ1) is 15.4. The predicted molar refractivity (Wildman–Crippen MR) is 77.7 cm³/mol. The molecule has 2 N–H and O–H groups in total. The van der Waals surface area contributed by atoms with Crippen molar-refractivity contribution in [2.24, 2.45) is 4.99 Å². The molecule has 1 aromatic carbocycles. The third-order valence-corrected chi connectivity index (χ3v) is 2.78. The van der Waals surface area contributed by atoms with Crippen LogP contribution >= 0.6 is 15.9 Å². The van der Waals surface area contributed by atoms with Crippen LogP contribution in [0.3, 0.4) is 0 Å². The van der Waals surface area contributed by atoms with Crippen molar-refractivity contribution in [3.63, 3.8) is 0 Å². The van der Waals surface area contributed by atoms with Gasteiger partial charge in [-0.3, -0.25) is 14.6 Å². The molecule has 0 radical (unpaired) electrons. The van der Waals surface area contributed by atoms with Gasteiger partial charge in [-0.1, -0.05) is 34.1 Å². The van der Waals surface area contributed by atoms with Crippen molar-refractivity contribution in [1.82, 2.24) is 0 Å². The molecule has 0 aliphatic heterocycles. The van der Waals surface area contributed by atoms with Gasteiger partial charge in [-0.05, 0) is 6.07 Å². The summed E-state index contributed by atoms with van der Waals surface area (Å²) in [6.45, 7) is 1.69. The zero-order valence-corrected chi connectivity index (χ0v) is 12.1. The Morgan fingerprint density at radius 1 is 1.37 bits per heavy atom. The number of anilines is 1. The van der Waals surface area contributed by atoms with Crippen LogP contribution in [-0.2, 0) is 14.3 Å². The number of nitrogens with zero attached hydrogens (tertiary/aromatic N) is 1. The van der Waals surface area contributed by atoms with Gasteiger partial charge >= 0.3 is 5.97 Å². The summed E-state index contributed by atoms with van der Waals surface area (Å²) in [7, 11) is 0. The molecule has 0 saturated carbocycles. The standard InChI is InChI=1S/C13H15BrN2O3/c1-9(17)19-7-6-16-13(12(18)8-14)10-4-2-3-5-11(10)15/h2-5H,6-8,15H2,1H3. The Kier molecular flexibility index (Phi) is 6.21. The minimum absolute atomic E-state index is 0.140. The minimum Gasteiger partial charge on any atom is -0.464 e. The van der Waals surface area contributed by atoms with E-state index in [1.165, 1.54) is 6.92 Å². The van der Waals surface area contributed by atoms with Gasteiger partial charge in [0.15, 0.2) is 5.78 Å². The van der Waals surface area contributed by atoms with Crippen molar-refractivity contribution in [2.45, 2.75) is 6.92 Å². The third-order valence-electron chi connectivity index (χ3n) is 2.27. The summed E-state index contributed by atoms with van der Waals surface area (Å²) >= 11 is 3.11. The molecule has 0 aliphatic rings. The Bertz CT molecular complexity index is 500. The highest BCUT2D eigenvalue weighted by Gasteiger charge is 2.14. The van der Waals surface area contributed by atoms with E-state index in [1.54, 1.807) is 24.3 Å². The highest BCUT2D eigenvalue weighted by molar-refractivity contribution is 9.09. The Balaban J connectivity index is 2.90. The van der Waals surface area contributed by atoms with E-state index < -0.39 is 0 Å². The first-order valence-corrected chi connectivity index (χ1v) is 6.80. The Labute approximate surface area is 120 Å². The van der Waals surface area contributed by atoms with Crippen LogP contribution < -0.4 is 5.73 Å². The van der Waals surface area contributed by atoms with Crippen LogP contribution in [0.1, 0.15) is 12.5 Å². The number of para-hydroxylation sites is 1. The van der Waals surface area contributed by atoms with Gasteiger partial charge in [0.05, 0.1) is 11.9 Å². The number of esters is 1. The number of nitrogens with two attached hydrogens (primary N) is 1. The van der Waals surface area contributed by atoms with Gasteiger partial charge in [-0.25, -0.2) is 0 Å². The molecule has 0 aliphatic carbocycles. The van der Waals surface area contributed by atoms with Gasteiger partial charge in [-0.2, -0.15) is 0 Å². The van der Waals surface area contributed by atoms with Crippen molar-refractivity contribution < 1.29 is 14.3 Å². The SMILES string of the molecule is CC(=O)OCCN=C(C(=O)CBr)c1ccccc1N. The number of Topliss-reactive ketones (excluding diaryl/α,β-unsaturated/α-hetero) is 1. The van der Waals surface area contributed by atoms with E-state index >= 15 is 0 Å². The van der Waals surface area contributed by atoms with Crippen LogP contribution in [0.15, 0.2) is 29.3 Å². The van der Waals surface area contributed by atoms with E-state index in [0.29, 0.717) is 17.0 Å². The fraction of sp³-hybridized carbons (Fsp3) is 0.308. The van der Waals surface area contributed by atoms with Crippen molar-refractivity contribution in [3.8, 4) is 0 Å². The van der Waals surface area contributed by atoms with Crippen molar-refractivity contribution >= 4 is 39.1 Å². The first-order chi connectivity index (χ1) is 9.06. The van der Waals surface area contributed by atoms with Gasteiger partial charge in [-0.15, -0.1) is 0 Å². The van der Waals surface area contributed by atoms with E-state index in [-0.39, 0.29) is 30.2 Å². The average molecular weight is 327 g/mol. The molecular formula is C13H15BrN2O3. The normalized spacial score (nSPS) is 11.2. The van der Waals surface area contributed by atoms with E-state index in [1.807, 2.05) is 0 Å². The second-order valence-electron chi connectivity index (χ2n) is 3.71. The number of ether oxygens (including phenoxy) is 1. The number of hydrogen-bond acceptors (Lipinski definition) is 5. The largest absolute Gasteiger partial charge is 0.464 e. The zero-order chi connectivity index (χ0) is 14.3. The third kappa shape index (κ3) is 4.82. The van der Waals surface area contributed by atoms with Gasteiger partial charge in [0, 0.05) is 18.2 Å². The summed E-state index contributed by atoms with van der Waals surface area (Å²) in [5.41, 5.74) is 7.21. The maximum atomic E-state index is 11.9. The van der Waals surface area contributed by atoms with Gasteiger partial charge in [0.1, 0.15) is 12.3 Å². The van der Waals surface area contributed by atoms with Crippen LogP contribution in [0.5, 0.6) is 0 Å². The molecule has 0 atom stereocenters. The Morgan fingerprint density at radius 3 is 2.63 bits per heavy atom. The van der Waals surface area contributed by atoms with Crippen LogP contribution in [0.2, 0.25) is 0 Å². The molecule has 0 heterocycles. The number of alkyl halides is 1. The molecule has 1 rings (SSSR count). The highest BCUT2D eigenvalue weighted by Crippen LogP contribution is 2.13. The fourth-order valence-electron chi connectivity index (χ4n) is 1.45. The molecule has 0 saturated heterocycles. The number of halogens is 1. The van der Waals surface area contributed by atoms with Crippen LogP contribution in [0.4, 0.5) is 5.69 Å². The lowest BCUT2D eigenvalue weighted by Crippen LogP contribution is -2.19. The maximum absolute atomic E-state index is 11.9.